The van der Waals surface area contributed by atoms with E-state index >= 15 is 0 Å². The molecule has 0 atom stereocenters. The number of hydrogen-bond donors (Lipinski definition) is 1. The van der Waals surface area contributed by atoms with E-state index in [0.29, 0.717) is 0 Å². The van der Waals surface area contributed by atoms with Gasteiger partial charge in [0.1, 0.15) is 0 Å². The number of thiophene rings is 1. The maximum atomic E-state index is 6.55. The summed E-state index contributed by atoms with van der Waals surface area (Å²) in [6.07, 6.45) is 10.4. The standard InChI is InChI=1S/C13H19NS/c14-13(7-2-1-3-8-13)12-9-10-5-4-6-11(10)15-12/h9H,1-8,14H2. The summed E-state index contributed by atoms with van der Waals surface area (Å²) >= 11 is 2.00. The number of rotatable bonds is 1. The van der Waals surface area contributed by atoms with Crippen LogP contribution in [0.15, 0.2) is 6.07 Å². The van der Waals surface area contributed by atoms with Crippen molar-refractivity contribution in [3.05, 3.63) is 21.4 Å². The Labute approximate surface area is 95.7 Å². The molecular formula is C13H19NS. The fraction of sp³-hybridized carbons (Fsp3) is 0.692. The van der Waals surface area contributed by atoms with E-state index < -0.39 is 0 Å². The molecule has 1 heterocycles. The molecule has 1 aromatic heterocycles. The third kappa shape index (κ3) is 1.64. The highest BCUT2D eigenvalue weighted by molar-refractivity contribution is 7.12. The molecule has 1 nitrogen and oxygen atoms in total. The fourth-order valence-corrected chi connectivity index (χ4v) is 4.42. The van der Waals surface area contributed by atoms with Gasteiger partial charge < -0.3 is 5.73 Å². The van der Waals surface area contributed by atoms with Crippen LogP contribution in [0.3, 0.4) is 0 Å². The zero-order chi connectivity index (χ0) is 10.3. The molecule has 0 unspecified atom stereocenters. The van der Waals surface area contributed by atoms with Crippen molar-refractivity contribution in [3.63, 3.8) is 0 Å². The summed E-state index contributed by atoms with van der Waals surface area (Å²) in [5.74, 6) is 0. The average Bonchev–Trinajstić information content (AvgIpc) is 2.77. The van der Waals surface area contributed by atoms with Gasteiger partial charge in [-0.3, -0.25) is 0 Å². The zero-order valence-electron chi connectivity index (χ0n) is 9.22. The molecular weight excluding hydrogens is 202 g/mol. The second-order valence-electron chi connectivity index (χ2n) is 5.13. The van der Waals surface area contributed by atoms with Crippen LogP contribution in [0.4, 0.5) is 0 Å². The largest absolute Gasteiger partial charge is 0.321 e. The first kappa shape index (κ1) is 9.86. The van der Waals surface area contributed by atoms with Crippen LogP contribution >= 0.6 is 11.3 Å². The van der Waals surface area contributed by atoms with E-state index in [1.165, 1.54) is 56.2 Å². The third-order valence-corrected chi connectivity index (χ3v) is 5.44. The van der Waals surface area contributed by atoms with E-state index in [2.05, 4.69) is 6.07 Å². The van der Waals surface area contributed by atoms with Crippen LogP contribution in [0, 0.1) is 0 Å². The van der Waals surface area contributed by atoms with E-state index in [1.807, 2.05) is 11.3 Å². The van der Waals surface area contributed by atoms with Crippen molar-refractivity contribution >= 4 is 11.3 Å². The summed E-state index contributed by atoms with van der Waals surface area (Å²) in [4.78, 5) is 3.10. The summed E-state index contributed by atoms with van der Waals surface area (Å²) < 4.78 is 0. The van der Waals surface area contributed by atoms with Gasteiger partial charge in [-0.25, -0.2) is 0 Å². The molecule has 3 rings (SSSR count). The number of aryl methyl sites for hydroxylation is 2. The Morgan fingerprint density at radius 1 is 1.07 bits per heavy atom. The van der Waals surface area contributed by atoms with Gasteiger partial charge in [-0.15, -0.1) is 11.3 Å². The summed E-state index contributed by atoms with van der Waals surface area (Å²) in [5.41, 5.74) is 8.19. The van der Waals surface area contributed by atoms with Gasteiger partial charge in [-0.05, 0) is 43.7 Å². The van der Waals surface area contributed by atoms with Gasteiger partial charge in [0.25, 0.3) is 0 Å². The predicted molar refractivity (Wildman–Crippen MR) is 65.3 cm³/mol. The molecule has 1 aromatic rings. The SMILES string of the molecule is NC1(c2cc3c(s2)CCC3)CCCCC1. The monoisotopic (exact) mass is 221 g/mol. The molecule has 15 heavy (non-hydrogen) atoms. The maximum absolute atomic E-state index is 6.55. The highest BCUT2D eigenvalue weighted by atomic mass is 32.1. The van der Waals surface area contributed by atoms with E-state index in [9.17, 15) is 0 Å². The van der Waals surface area contributed by atoms with E-state index in [-0.39, 0.29) is 5.54 Å². The number of nitrogens with two attached hydrogens (primary N) is 1. The quantitative estimate of drug-likeness (QED) is 0.773. The molecule has 2 aliphatic rings. The van der Waals surface area contributed by atoms with Crippen molar-refractivity contribution in [2.45, 2.75) is 56.9 Å². The smallest absolute Gasteiger partial charge is 0.0503 e. The Morgan fingerprint density at radius 3 is 2.60 bits per heavy atom. The molecule has 0 spiro atoms. The minimum Gasteiger partial charge on any atom is -0.321 e. The second kappa shape index (κ2) is 3.60. The molecule has 0 saturated heterocycles. The summed E-state index contributed by atoms with van der Waals surface area (Å²) in [6.45, 7) is 0. The first-order chi connectivity index (χ1) is 7.28. The van der Waals surface area contributed by atoms with Gasteiger partial charge in [-0.1, -0.05) is 19.3 Å². The Kier molecular flexibility index (Phi) is 2.37. The lowest BCUT2D eigenvalue weighted by Gasteiger charge is -2.32. The highest BCUT2D eigenvalue weighted by Gasteiger charge is 2.32. The van der Waals surface area contributed by atoms with E-state index in [0.717, 1.165) is 0 Å². The molecule has 2 heteroatoms. The van der Waals surface area contributed by atoms with E-state index in [4.69, 9.17) is 5.73 Å². The summed E-state index contributed by atoms with van der Waals surface area (Å²) in [7, 11) is 0. The lowest BCUT2D eigenvalue weighted by Crippen LogP contribution is -2.37. The van der Waals surface area contributed by atoms with Crippen LogP contribution < -0.4 is 5.73 Å². The van der Waals surface area contributed by atoms with Crippen molar-refractivity contribution in [1.82, 2.24) is 0 Å². The first-order valence-electron chi connectivity index (χ1n) is 6.19. The Bertz CT molecular complexity index is 339. The van der Waals surface area contributed by atoms with Crippen molar-refractivity contribution < 1.29 is 0 Å². The number of hydrogen-bond acceptors (Lipinski definition) is 2. The van der Waals surface area contributed by atoms with Gasteiger partial charge >= 0.3 is 0 Å². The van der Waals surface area contributed by atoms with Crippen molar-refractivity contribution in [2.75, 3.05) is 0 Å². The molecule has 1 saturated carbocycles. The van der Waals surface area contributed by atoms with Crippen LogP contribution in [-0.4, -0.2) is 0 Å². The van der Waals surface area contributed by atoms with Crippen LogP contribution in [0.25, 0.3) is 0 Å². The average molecular weight is 221 g/mol. The summed E-state index contributed by atoms with van der Waals surface area (Å²) in [6, 6.07) is 2.42. The molecule has 1 fully saturated rings. The van der Waals surface area contributed by atoms with Crippen LogP contribution in [0.1, 0.15) is 53.8 Å². The molecule has 0 aromatic carbocycles. The lowest BCUT2D eigenvalue weighted by atomic mass is 9.81. The van der Waals surface area contributed by atoms with Crippen molar-refractivity contribution in [2.24, 2.45) is 5.73 Å². The second-order valence-corrected chi connectivity index (χ2v) is 6.27. The van der Waals surface area contributed by atoms with Gasteiger partial charge in [0.05, 0.1) is 5.54 Å². The van der Waals surface area contributed by atoms with Gasteiger partial charge in [0, 0.05) is 9.75 Å². The maximum Gasteiger partial charge on any atom is 0.0503 e. The van der Waals surface area contributed by atoms with Crippen molar-refractivity contribution in [3.8, 4) is 0 Å². The zero-order valence-corrected chi connectivity index (χ0v) is 10.0. The molecule has 0 radical (unpaired) electrons. The van der Waals surface area contributed by atoms with Crippen molar-refractivity contribution in [1.29, 1.82) is 0 Å². The lowest BCUT2D eigenvalue weighted by molar-refractivity contribution is 0.307. The minimum atomic E-state index is 0.0350. The fourth-order valence-electron chi connectivity index (χ4n) is 3.00. The first-order valence-corrected chi connectivity index (χ1v) is 7.00. The molecule has 2 N–H and O–H groups in total. The van der Waals surface area contributed by atoms with Crippen LogP contribution in [0.5, 0.6) is 0 Å². The Morgan fingerprint density at radius 2 is 1.87 bits per heavy atom. The highest BCUT2D eigenvalue weighted by Crippen LogP contribution is 2.41. The third-order valence-electron chi connectivity index (χ3n) is 3.98. The summed E-state index contributed by atoms with van der Waals surface area (Å²) in [5, 5.41) is 0. The van der Waals surface area contributed by atoms with Gasteiger partial charge in [0.15, 0.2) is 0 Å². The Hall–Kier alpha value is -0.340. The predicted octanol–water partition coefficient (Wildman–Crippen LogP) is 3.35. The molecule has 2 aliphatic carbocycles. The topological polar surface area (TPSA) is 26.0 Å². The van der Waals surface area contributed by atoms with Gasteiger partial charge in [-0.2, -0.15) is 0 Å². The van der Waals surface area contributed by atoms with Crippen LogP contribution in [-0.2, 0) is 18.4 Å². The normalized spacial score (nSPS) is 24.1. The molecule has 82 valence electrons. The minimum absolute atomic E-state index is 0.0350. The Balaban J connectivity index is 1.91. The molecule has 0 aliphatic heterocycles. The van der Waals surface area contributed by atoms with E-state index in [1.54, 1.807) is 10.4 Å². The number of fused-ring (bicyclic) bond motifs is 1. The van der Waals surface area contributed by atoms with Crippen LogP contribution in [0.2, 0.25) is 0 Å². The molecule has 0 amide bonds. The van der Waals surface area contributed by atoms with Gasteiger partial charge in [0.2, 0.25) is 0 Å². The molecule has 0 bridgehead atoms.